The number of hydrogen-bond acceptors (Lipinski definition) is 2. The molecule has 4 N–H and O–H groups in total. The highest BCUT2D eigenvalue weighted by molar-refractivity contribution is 5.20. The quantitative estimate of drug-likeness (QED) is 0.690. The van der Waals surface area contributed by atoms with Crippen molar-refractivity contribution in [3.8, 4) is 0 Å². The zero-order chi connectivity index (χ0) is 11.5. The van der Waals surface area contributed by atoms with E-state index in [0.717, 1.165) is 6.54 Å². The molecule has 0 aliphatic carbocycles. The van der Waals surface area contributed by atoms with Crippen LogP contribution in [0.3, 0.4) is 0 Å². The van der Waals surface area contributed by atoms with E-state index in [-0.39, 0.29) is 11.0 Å². The Morgan fingerprint density at radius 2 is 2.00 bits per heavy atom. The maximum Gasteiger partial charge on any atom is 0.0247 e. The average Bonchev–Trinajstić information content (AvgIpc) is 2.69. The summed E-state index contributed by atoms with van der Waals surface area (Å²) in [6.07, 6.45) is 4.02. The molecule has 1 aromatic rings. The molecule has 3 nitrogen and oxygen atoms in total. The van der Waals surface area contributed by atoms with Crippen LogP contribution in [0.5, 0.6) is 0 Å². The number of H-pyrrole nitrogens is 1. The summed E-state index contributed by atoms with van der Waals surface area (Å²) in [5, 5.41) is 3.50. The van der Waals surface area contributed by atoms with Gasteiger partial charge in [0.1, 0.15) is 0 Å². The van der Waals surface area contributed by atoms with Gasteiger partial charge in [0.25, 0.3) is 0 Å². The predicted molar refractivity (Wildman–Crippen MR) is 65.0 cm³/mol. The zero-order valence-corrected chi connectivity index (χ0v) is 10.2. The summed E-state index contributed by atoms with van der Waals surface area (Å²) in [7, 11) is 0. The van der Waals surface area contributed by atoms with E-state index in [2.05, 4.69) is 50.3 Å². The van der Waals surface area contributed by atoms with Gasteiger partial charge in [0.2, 0.25) is 0 Å². The van der Waals surface area contributed by atoms with Gasteiger partial charge < -0.3 is 16.0 Å². The third-order valence-electron chi connectivity index (χ3n) is 2.90. The largest absolute Gasteiger partial charge is 0.367 e. The maximum atomic E-state index is 5.69. The molecule has 86 valence electrons. The van der Waals surface area contributed by atoms with Gasteiger partial charge in [-0.05, 0) is 25.5 Å². The molecule has 0 aromatic carbocycles. The number of nitrogens with two attached hydrogens (primary N) is 1. The molecular weight excluding hydrogens is 186 g/mol. The lowest BCUT2D eigenvalue weighted by atomic mass is 9.85. The molecule has 0 spiro atoms. The van der Waals surface area contributed by atoms with Crippen molar-refractivity contribution < 1.29 is 0 Å². The first-order chi connectivity index (χ1) is 6.87. The van der Waals surface area contributed by atoms with E-state index in [0.29, 0.717) is 6.54 Å². The predicted octanol–water partition coefficient (Wildman–Crippen LogP) is 1.62. The van der Waals surface area contributed by atoms with Crippen molar-refractivity contribution in [1.29, 1.82) is 0 Å². The minimum absolute atomic E-state index is 0.00752. The van der Waals surface area contributed by atoms with Crippen LogP contribution >= 0.6 is 0 Å². The summed E-state index contributed by atoms with van der Waals surface area (Å²) in [5.41, 5.74) is 7.15. The van der Waals surface area contributed by atoms with Gasteiger partial charge in [-0.2, -0.15) is 0 Å². The molecule has 0 saturated heterocycles. The molecule has 1 aromatic heterocycles. The number of hydrogen-bond donors (Lipinski definition) is 3. The molecule has 1 rings (SSSR count). The summed E-state index contributed by atoms with van der Waals surface area (Å²) < 4.78 is 0. The van der Waals surface area contributed by atoms with Crippen LogP contribution in [0.2, 0.25) is 0 Å². The van der Waals surface area contributed by atoms with Gasteiger partial charge in [0.15, 0.2) is 0 Å². The Morgan fingerprint density at radius 3 is 2.47 bits per heavy atom. The van der Waals surface area contributed by atoms with E-state index in [1.54, 1.807) is 0 Å². The number of nitrogens with one attached hydrogen (secondary N) is 2. The lowest BCUT2D eigenvalue weighted by Crippen LogP contribution is -2.50. The minimum atomic E-state index is 0.00752. The van der Waals surface area contributed by atoms with E-state index in [4.69, 9.17) is 5.73 Å². The van der Waals surface area contributed by atoms with Crippen molar-refractivity contribution >= 4 is 0 Å². The van der Waals surface area contributed by atoms with Gasteiger partial charge in [-0.3, -0.25) is 0 Å². The van der Waals surface area contributed by atoms with E-state index in [1.807, 2.05) is 6.20 Å². The Labute approximate surface area is 92.4 Å². The minimum Gasteiger partial charge on any atom is -0.367 e. The second-order valence-corrected chi connectivity index (χ2v) is 5.43. The van der Waals surface area contributed by atoms with Gasteiger partial charge in [-0.15, -0.1) is 0 Å². The highest BCUT2D eigenvalue weighted by Gasteiger charge is 2.24. The summed E-state index contributed by atoms with van der Waals surface area (Å²) >= 11 is 0. The molecule has 0 aliphatic rings. The van der Waals surface area contributed by atoms with Crippen LogP contribution in [0.25, 0.3) is 0 Å². The van der Waals surface area contributed by atoms with E-state index < -0.39 is 0 Å². The van der Waals surface area contributed by atoms with E-state index in [1.165, 1.54) is 5.56 Å². The fraction of sp³-hybridized carbons (Fsp3) is 0.667. The van der Waals surface area contributed by atoms with Crippen molar-refractivity contribution in [3.63, 3.8) is 0 Å². The Morgan fingerprint density at radius 1 is 1.33 bits per heavy atom. The third kappa shape index (κ3) is 3.36. The summed E-state index contributed by atoms with van der Waals surface area (Å²) in [5.74, 6) is 0. The highest BCUT2D eigenvalue weighted by atomic mass is 15.0. The van der Waals surface area contributed by atoms with Crippen LogP contribution in [-0.4, -0.2) is 23.6 Å². The molecule has 0 bridgehead atoms. The number of aromatic amines is 1. The first-order valence-electron chi connectivity index (χ1n) is 5.46. The molecule has 3 heteroatoms. The van der Waals surface area contributed by atoms with Crippen LogP contribution in [-0.2, 0) is 5.41 Å². The van der Waals surface area contributed by atoms with Crippen molar-refractivity contribution in [1.82, 2.24) is 10.3 Å². The SMILES string of the molecule is CC(C)(CN)NCC(C)(C)c1cc[nH]c1. The third-order valence-corrected chi connectivity index (χ3v) is 2.90. The second kappa shape index (κ2) is 4.37. The van der Waals surface area contributed by atoms with Crippen LogP contribution in [0.4, 0.5) is 0 Å². The topological polar surface area (TPSA) is 53.8 Å². The Bertz CT molecular complexity index is 286. The smallest absolute Gasteiger partial charge is 0.0247 e. The molecule has 0 atom stereocenters. The number of rotatable bonds is 5. The number of aromatic nitrogens is 1. The highest BCUT2D eigenvalue weighted by Crippen LogP contribution is 2.22. The van der Waals surface area contributed by atoms with Crippen molar-refractivity contribution in [2.24, 2.45) is 5.73 Å². The van der Waals surface area contributed by atoms with Crippen LogP contribution in [0.1, 0.15) is 33.3 Å². The molecule has 0 fully saturated rings. The fourth-order valence-corrected chi connectivity index (χ4v) is 1.38. The van der Waals surface area contributed by atoms with Gasteiger partial charge in [0, 0.05) is 36.4 Å². The van der Waals surface area contributed by atoms with Gasteiger partial charge in [-0.25, -0.2) is 0 Å². The van der Waals surface area contributed by atoms with Gasteiger partial charge in [-0.1, -0.05) is 13.8 Å². The Hall–Kier alpha value is -0.800. The fourth-order valence-electron chi connectivity index (χ4n) is 1.38. The first-order valence-corrected chi connectivity index (χ1v) is 5.46. The molecule has 15 heavy (non-hydrogen) atoms. The Kier molecular flexibility index (Phi) is 3.58. The summed E-state index contributed by atoms with van der Waals surface area (Å²) in [6.45, 7) is 10.3. The van der Waals surface area contributed by atoms with E-state index >= 15 is 0 Å². The van der Waals surface area contributed by atoms with Gasteiger partial charge >= 0.3 is 0 Å². The monoisotopic (exact) mass is 209 g/mol. The van der Waals surface area contributed by atoms with Crippen molar-refractivity contribution in [2.75, 3.05) is 13.1 Å². The van der Waals surface area contributed by atoms with Gasteiger partial charge in [0.05, 0.1) is 0 Å². The average molecular weight is 209 g/mol. The zero-order valence-electron chi connectivity index (χ0n) is 10.2. The Balaban J connectivity index is 2.58. The van der Waals surface area contributed by atoms with Crippen molar-refractivity contribution in [2.45, 2.75) is 38.6 Å². The second-order valence-electron chi connectivity index (χ2n) is 5.43. The molecule has 0 saturated carbocycles. The van der Waals surface area contributed by atoms with Crippen LogP contribution in [0.15, 0.2) is 18.5 Å². The summed E-state index contributed by atoms with van der Waals surface area (Å²) in [6, 6.07) is 2.12. The lowest BCUT2D eigenvalue weighted by Gasteiger charge is -2.31. The van der Waals surface area contributed by atoms with Crippen LogP contribution < -0.4 is 11.1 Å². The summed E-state index contributed by atoms with van der Waals surface area (Å²) in [4.78, 5) is 3.09. The molecule has 0 unspecified atom stereocenters. The molecule has 0 aliphatic heterocycles. The standard InChI is InChI=1S/C12H23N3/c1-11(2,10-5-6-14-7-10)9-15-12(3,4)8-13/h5-7,14-15H,8-9,13H2,1-4H3. The van der Waals surface area contributed by atoms with E-state index in [9.17, 15) is 0 Å². The maximum absolute atomic E-state index is 5.69. The first kappa shape index (κ1) is 12.3. The van der Waals surface area contributed by atoms with Crippen molar-refractivity contribution in [3.05, 3.63) is 24.0 Å². The van der Waals surface area contributed by atoms with Crippen LogP contribution in [0, 0.1) is 0 Å². The lowest BCUT2D eigenvalue weighted by molar-refractivity contribution is 0.347. The molecular formula is C12H23N3. The molecule has 1 heterocycles. The normalized spacial score (nSPS) is 13.1. The molecule has 0 radical (unpaired) electrons. The molecule has 0 amide bonds.